The maximum Gasteiger partial charge on any atom is 0.234 e. The summed E-state index contributed by atoms with van der Waals surface area (Å²) in [6.45, 7) is 0. The molecule has 38 heavy (non-hydrogen) atoms. The molecule has 0 spiro atoms. The van der Waals surface area contributed by atoms with Crippen LogP contribution in [0.2, 0.25) is 0 Å². The fourth-order valence-corrected chi connectivity index (χ4v) is 3.74. The summed E-state index contributed by atoms with van der Waals surface area (Å²) in [6, 6.07) is 12.7. The first-order chi connectivity index (χ1) is 18.0. The van der Waals surface area contributed by atoms with Crippen molar-refractivity contribution in [2.24, 2.45) is 0 Å². The SMILES string of the molecule is O=C(C(=O)c1ccc(O)cc1-c1cc(O)ccc1C(=O)C(=O)c1ccc(O)c(O)c1)c1ccc(O)c(O)c1. The Morgan fingerprint density at radius 2 is 0.763 bits per heavy atom. The number of ketones is 4. The maximum absolute atomic E-state index is 13.2. The predicted molar refractivity (Wildman–Crippen MR) is 132 cm³/mol. The highest BCUT2D eigenvalue weighted by molar-refractivity contribution is 6.51. The molecule has 0 aromatic heterocycles. The smallest absolute Gasteiger partial charge is 0.234 e. The molecule has 0 atom stereocenters. The lowest BCUT2D eigenvalue weighted by molar-refractivity contribution is 0.0816. The Balaban J connectivity index is 1.83. The van der Waals surface area contributed by atoms with Gasteiger partial charge in [-0.15, -0.1) is 0 Å². The standard InChI is InChI=1S/C28H18O10/c29-15-3-5-17(27(37)25(35)13-1-7-21(31)23(33)9-13)19(11-15)20-12-16(30)4-6-18(20)28(38)26(36)14-2-8-22(32)24(34)10-14/h1-12,29-34H. The van der Waals surface area contributed by atoms with Crippen molar-refractivity contribution in [3.05, 3.63) is 95.1 Å². The van der Waals surface area contributed by atoms with Gasteiger partial charge in [0.15, 0.2) is 23.0 Å². The van der Waals surface area contributed by atoms with Crippen LogP contribution in [0.5, 0.6) is 34.5 Å². The van der Waals surface area contributed by atoms with Gasteiger partial charge in [-0.25, -0.2) is 0 Å². The van der Waals surface area contributed by atoms with Gasteiger partial charge in [0.1, 0.15) is 11.5 Å². The minimum atomic E-state index is -1.11. The van der Waals surface area contributed by atoms with Crippen molar-refractivity contribution >= 4 is 23.1 Å². The van der Waals surface area contributed by atoms with Crippen LogP contribution in [0.3, 0.4) is 0 Å². The number of phenolic OH excluding ortho intramolecular Hbond substituents is 6. The van der Waals surface area contributed by atoms with Gasteiger partial charge in [-0.2, -0.15) is 0 Å². The molecular weight excluding hydrogens is 496 g/mol. The van der Waals surface area contributed by atoms with Gasteiger partial charge in [0.2, 0.25) is 23.1 Å². The Morgan fingerprint density at radius 3 is 1.11 bits per heavy atom. The number of hydrogen-bond donors (Lipinski definition) is 6. The fourth-order valence-electron chi connectivity index (χ4n) is 3.74. The van der Waals surface area contributed by atoms with Gasteiger partial charge in [0, 0.05) is 22.3 Å². The van der Waals surface area contributed by atoms with Gasteiger partial charge in [0.05, 0.1) is 0 Å². The molecule has 0 unspecified atom stereocenters. The maximum atomic E-state index is 13.2. The third-order valence-corrected chi connectivity index (χ3v) is 5.67. The van der Waals surface area contributed by atoms with E-state index in [-0.39, 0.29) is 44.9 Å². The highest BCUT2D eigenvalue weighted by Gasteiger charge is 2.28. The Bertz CT molecular complexity index is 1530. The van der Waals surface area contributed by atoms with Gasteiger partial charge in [-0.1, -0.05) is 0 Å². The van der Waals surface area contributed by atoms with Gasteiger partial charge >= 0.3 is 0 Å². The number of hydrogen-bond acceptors (Lipinski definition) is 10. The van der Waals surface area contributed by atoms with Crippen LogP contribution in [0.1, 0.15) is 41.4 Å². The lowest BCUT2D eigenvalue weighted by atomic mass is 9.88. The van der Waals surface area contributed by atoms with E-state index in [2.05, 4.69) is 0 Å². The third-order valence-electron chi connectivity index (χ3n) is 5.67. The predicted octanol–water partition coefficient (Wildman–Crippen LogP) is 3.72. The van der Waals surface area contributed by atoms with E-state index in [4.69, 9.17) is 0 Å². The summed E-state index contributed by atoms with van der Waals surface area (Å²) in [4.78, 5) is 52.2. The van der Waals surface area contributed by atoms with Crippen molar-refractivity contribution in [1.29, 1.82) is 0 Å². The molecule has 6 N–H and O–H groups in total. The van der Waals surface area contributed by atoms with E-state index >= 15 is 0 Å². The highest BCUT2D eigenvalue weighted by Crippen LogP contribution is 2.35. The van der Waals surface area contributed by atoms with Crippen LogP contribution in [0.25, 0.3) is 11.1 Å². The zero-order valence-corrected chi connectivity index (χ0v) is 19.2. The summed E-state index contributed by atoms with van der Waals surface area (Å²) in [5.41, 5.74) is -1.42. The van der Waals surface area contributed by atoms with Crippen molar-refractivity contribution in [3.63, 3.8) is 0 Å². The van der Waals surface area contributed by atoms with E-state index in [1.165, 1.54) is 0 Å². The lowest BCUT2D eigenvalue weighted by Crippen LogP contribution is -2.18. The molecule has 10 heteroatoms. The second-order valence-corrected chi connectivity index (χ2v) is 8.18. The Labute approximate surface area is 213 Å². The average Bonchev–Trinajstić information content (AvgIpc) is 2.90. The summed E-state index contributed by atoms with van der Waals surface area (Å²) in [5.74, 6) is -7.38. The van der Waals surface area contributed by atoms with Crippen molar-refractivity contribution in [2.45, 2.75) is 0 Å². The molecular formula is C28H18O10. The van der Waals surface area contributed by atoms with Gasteiger partial charge < -0.3 is 30.6 Å². The second kappa shape index (κ2) is 9.78. The van der Waals surface area contributed by atoms with Crippen LogP contribution in [0, 0.1) is 0 Å². The van der Waals surface area contributed by atoms with Crippen LogP contribution in [-0.2, 0) is 0 Å². The number of rotatable bonds is 7. The molecule has 0 aliphatic rings. The van der Waals surface area contributed by atoms with E-state index < -0.39 is 46.1 Å². The first-order valence-electron chi connectivity index (χ1n) is 10.9. The van der Waals surface area contributed by atoms with E-state index in [0.29, 0.717) is 0 Å². The normalized spacial score (nSPS) is 10.6. The van der Waals surface area contributed by atoms with Crippen molar-refractivity contribution < 1.29 is 49.8 Å². The number of phenols is 6. The lowest BCUT2D eigenvalue weighted by Gasteiger charge is -2.14. The van der Waals surface area contributed by atoms with E-state index in [0.717, 1.165) is 72.8 Å². The molecule has 190 valence electrons. The van der Waals surface area contributed by atoms with E-state index in [9.17, 15) is 49.8 Å². The zero-order valence-electron chi connectivity index (χ0n) is 19.2. The first-order valence-corrected chi connectivity index (χ1v) is 10.9. The van der Waals surface area contributed by atoms with Crippen LogP contribution in [0.4, 0.5) is 0 Å². The molecule has 0 bridgehead atoms. The van der Waals surface area contributed by atoms with Crippen molar-refractivity contribution in [2.75, 3.05) is 0 Å². The van der Waals surface area contributed by atoms with Gasteiger partial charge in [0.25, 0.3) is 0 Å². The summed E-state index contributed by atoms with van der Waals surface area (Å²) < 4.78 is 0. The molecule has 0 saturated carbocycles. The Morgan fingerprint density at radius 1 is 0.395 bits per heavy atom. The minimum absolute atomic E-state index is 0.160. The molecule has 4 aromatic carbocycles. The van der Waals surface area contributed by atoms with Crippen LogP contribution >= 0.6 is 0 Å². The molecule has 0 saturated heterocycles. The fraction of sp³-hybridized carbons (Fsp3) is 0. The average molecular weight is 514 g/mol. The third kappa shape index (κ3) is 4.73. The molecule has 0 aliphatic carbocycles. The van der Waals surface area contributed by atoms with Crippen LogP contribution in [-0.4, -0.2) is 53.8 Å². The van der Waals surface area contributed by atoms with E-state index in [1.807, 2.05) is 0 Å². The Hall–Kier alpha value is -5.64. The van der Waals surface area contributed by atoms with Crippen LogP contribution in [0.15, 0.2) is 72.8 Å². The summed E-state index contributed by atoms with van der Waals surface area (Å²) in [7, 11) is 0. The minimum Gasteiger partial charge on any atom is -0.508 e. The highest BCUT2D eigenvalue weighted by atomic mass is 16.3. The van der Waals surface area contributed by atoms with Crippen LogP contribution < -0.4 is 0 Å². The van der Waals surface area contributed by atoms with Gasteiger partial charge in [-0.3, -0.25) is 19.2 Å². The van der Waals surface area contributed by atoms with Crippen molar-refractivity contribution in [3.8, 4) is 45.6 Å². The molecule has 4 rings (SSSR count). The molecule has 10 nitrogen and oxygen atoms in total. The summed E-state index contributed by atoms with van der Waals surface area (Å²) in [5, 5.41) is 58.6. The number of carbonyl (C=O) groups excluding carboxylic acids is 4. The molecule has 0 radical (unpaired) electrons. The number of benzene rings is 4. The molecule has 0 aliphatic heterocycles. The molecule has 0 fully saturated rings. The second-order valence-electron chi connectivity index (χ2n) is 8.18. The Kier molecular flexibility index (Phi) is 6.55. The van der Waals surface area contributed by atoms with Gasteiger partial charge in [-0.05, 0) is 83.9 Å². The number of aromatic hydroxyl groups is 6. The van der Waals surface area contributed by atoms with Crippen molar-refractivity contribution in [1.82, 2.24) is 0 Å². The molecule has 0 heterocycles. The first kappa shape index (κ1) is 25.5. The largest absolute Gasteiger partial charge is 0.508 e. The molecule has 4 aromatic rings. The summed E-state index contributed by atoms with van der Waals surface area (Å²) in [6.07, 6.45) is 0. The monoisotopic (exact) mass is 514 g/mol. The molecule has 0 amide bonds. The topological polar surface area (TPSA) is 190 Å². The quantitative estimate of drug-likeness (QED) is 0.120. The summed E-state index contributed by atoms with van der Waals surface area (Å²) >= 11 is 0. The zero-order chi connectivity index (χ0) is 27.7. The number of carbonyl (C=O) groups is 4. The number of Topliss-reactive ketones (excluding diaryl/α,β-unsaturated/α-hetero) is 4. The van der Waals surface area contributed by atoms with E-state index in [1.54, 1.807) is 0 Å².